The van der Waals surface area contributed by atoms with Crippen molar-refractivity contribution in [3.05, 3.63) is 34.1 Å². The van der Waals surface area contributed by atoms with Gasteiger partial charge in [0.1, 0.15) is 11.6 Å². The fraction of sp³-hybridized carbons (Fsp3) is 0.300. The van der Waals surface area contributed by atoms with Crippen LogP contribution in [0.4, 0.5) is 4.39 Å². The first-order valence-electron chi connectivity index (χ1n) is 4.55. The van der Waals surface area contributed by atoms with Gasteiger partial charge in [0.15, 0.2) is 9.84 Å². The summed E-state index contributed by atoms with van der Waals surface area (Å²) in [5.74, 6) is -2.77. The van der Waals surface area contributed by atoms with Crippen LogP contribution < -0.4 is 0 Å². The van der Waals surface area contributed by atoms with E-state index in [1.54, 1.807) is 0 Å². The molecule has 0 N–H and O–H groups in total. The number of sulfone groups is 1. The highest BCUT2D eigenvalue weighted by atomic mass is 79.9. The molecule has 0 aliphatic rings. The Morgan fingerprint density at radius 1 is 1.47 bits per heavy atom. The lowest BCUT2D eigenvalue weighted by atomic mass is 10.2. The van der Waals surface area contributed by atoms with E-state index >= 15 is 0 Å². The minimum absolute atomic E-state index is 0.0251. The maximum Gasteiger partial charge on any atom is 0.320 e. The molecule has 0 heterocycles. The van der Waals surface area contributed by atoms with Gasteiger partial charge in [-0.1, -0.05) is 22.0 Å². The molecule has 0 atom stereocenters. The Kier molecular flexibility index (Phi) is 4.64. The summed E-state index contributed by atoms with van der Waals surface area (Å²) in [6.45, 7) is 0. The van der Waals surface area contributed by atoms with Crippen LogP contribution in [-0.2, 0) is 25.1 Å². The molecule has 4 nitrogen and oxygen atoms in total. The average Bonchev–Trinajstić information content (AvgIpc) is 2.21. The van der Waals surface area contributed by atoms with Crippen molar-refractivity contribution in [2.75, 3.05) is 12.9 Å². The number of ether oxygens (including phenoxy) is 1. The lowest BCUT2D eigenvalue weighted by Gasteiger charge is -2.05. The van der Waals surface area contributed by atoms with E-state index in [-0.39, 0.29) is 5.56 Å². The first-order valence-corrected chi connectivity index (χ1v) is 7.16. The number of rotatable bonds is 4. The predicted octanol–water partition coefficient (Wildman–Crippen LogP) is 1.68. The largest absolute Gasteiger partial charge is 0.468 e. The molecule has 0 amide bonds. The van der Waals surface area contributed by atoms with Crippen LogP contribution in [0.25, 0.3) is 0 Å². The second-order valence-electron chi connectivity index (χ2n) is 3.34. The summed E-state index contributed by atoms with van der Waals surface area (Å²) >= 11 is 3.06. The molecule has 1 aromatic rings. The molecule has 0 spiro atoms. The highest BCUT2D eigenvalue weighted by molar-refractivity contribution is 9.10. The van der Waals surface area contributed by atoms with Gasteiger partial charge in [0.2, 0.25) is 0 Å². The van der Waals surface area contributed by atoms with Crippen LogP contribution in [-0.4, -0.2) is 27.2 Å². The third kappa shape index (κ3) is 4.43. The van der Waals surface area contributed by atoms with Gasteiger partial charge < -0.3 is 4.74 Å². The van der Waals surface area contributed by atoms with E-state index in [2.05, 4.69) is 20.7 Å². The molecular formula is C10H10BrFO4S. The standard InChI is InChI=1S/C10H10BrFO4S/c1-16-10(13)6-17(14,15)5-7-2-3-8(11)4-9(7)12/h2-4H,5-6H2,1H3. The van der Waals surface area contributed by atoms with Gasteiger partial charge in [-0.15, -0.1) is 0 Å². The van der Waals surface area contributed by atoms with Crippen molar-refractivity contribution >= 4 is 31.7 Å². The Bertz CT molecular complexity index is 527. The van der Waals surface area contributed by atoms with Gasteiger partial charge in [0.25, 0.3) is 0 Å². The van der Waals surface area contributed by atoms with E-state index in [9.17, 15) is 17.6 Å². The van der Waals surface area contributed by atoms with Crippen molar-refractivity contribution in [1.82, 2.24) is 0 Å². The molecule has 1 rings (SSSR count). The van der Waals surface area contributed by atoms with E-state index in [1.807, 2.05) is 0 Å². The van der Waals surface area contributed by atoms with Crippen molar-refractivity contribution < 1.29 is 22.3 Å². The minimum Gasteiger partial charge on any atom is -0.468 e. The first kappa shape index (κ1) is 14.1. The fourth-order valence-electron chi connectivity index (χ4n) is 1.17. The lowest BCUT2D eigenvalue weighted by Crippen LogP contribution is -2.19. The molecule has 0 saturated carbocycles. The average molecular weight is 325 g/mol. The van der Waals surface area contributed by atoms with Gasteiger partial charge in [0, 0.05) is 10.0 Å². The van der Waals surface area contributed by atoms with Crippen LogP contribution in [0.3, 0.4) is 0 Å². The van der Waals surface area contributed by atoms with E-state index in [0.29, 0.717) is 4.47 Å². The molecular weight excluding hydrogens is 315 g/mol. The quantitative estimate of drug-likeness (QED) is 0.790. The Balaban J connectivity index is 2.87. The molecule has 0 aromatic heterocycles. The minimum atomic E-state index is -3.71. The summed E-state index contributed by atoms with van der Waals surface area (Å²) in [5, 5.41) is 0. The number of carbonyl (C=O) groups excluding carboxylic acids is 1. The zero-order valence-corrected chi connectivity index (χ0v) is 11.3. The third-order valence-electron chi connectivity index (χ3n) is 1.96. The SMILES string of the molecule is COC(=O)CS(=O)(=O)Cc1ccc(Br)cc1F. The molecule has 0 aliphatic carbocycles. The van der Waals surface area contributed by atoms with Crippen molar-refractivity contribution in [2.24, 2.45) is 0 Å². The summed E-state index contributed by atoms with van der Waals surface area (Å²) in [6.07, 6.45) is 0. The number of methoxy groups -OCH3 is 1. The van der Waals surface area contributed by atoms with Gasteiger partial charge in [-0.25, -0.2) is 12.8 Å². The second-order valence-corrected chi connectivity index (χ2v) is 6.32. The van der Waals surface area contributed by atoms with Gasteiger partial charge >= 0.3 is 5.97 Å². The Labute approximate surface area is 107 Å². The van der Waals surface area contributed by atoms with Crippen molar-refractivity contribution in [3.63, 3.8) is 0 Å². The van der Waals surface area contributed by atoms with E-state index in [0.717, 1.165) is 7.11 Å². The van der Waals surface area contributed by atoms with Crippen molar-refractivity contribution in [1.29, 1.82) is 0 Å². The summed E-state index contributed by atoms with van der Waals surface area (Å²) in [7, 11) is -2.62. The monoisotopic (exact) mass is 324 g/mol. The number of halogens is 2. The summed E-state index contributed by atoms with van der Waals surface area (Å²) in [5.41, 5.74) is 0.0251. The van der Waals surface area contributed by atoms with Crippen molar-refractivity contribution in [2.45, 2.75) is 5.75 Å². The third-order valence-corrected chi connectivity index (χ3v) is 3.88. The zero-order valence-electron chi connectivity index (χ0n) is 8.94. The maximum atomic E-state index is 13.4. The Morgan fingerprint density at radius 3 is 2.65 bits per heavy atom. The molecule has 1 aromatic carbocycles. The highest BCUT2D eigenvalue weighted by Crippen LogP contribution is 2.17. The molecule has 0 fully saturated rings. The van der Waals surface area contributed by atoms with Crippen LogP contribution in [0.1, 0.15) is 5.56 Å². The van der Waals surface area contributed by atoms with Crippen LogP contribution in [0.2, 0.25) is 0 Å². The van der Waals surface area contributed by atoms with Crippen LogP contribution in [0.5, 0.6) is 0 Å². The number of benzene rings is 1. The second kappa shape index (κ2) is 5.59. The summed E-state index contributed by atoms with van der Waals surface area (Å²) < 4.78 is 41.2. The molecule has 0 saturated heterocycles. The Hall–Kier alpha value is -0.950. The fourth-order valence-corrected chi connectivity index (χ4v) is 2.79. The number of hydrogen-bond donors (Lipinski definition) is 0. The molecule has 17 heavy (non-hydrogen) atoms. The summed E-state index contributed by atoms with van der Waals surface area (Å²) in [4.78, 5) is 10.9. The van der Waals surface area contributed by atoms with Crippen LogP contribution >= 0.6 is 15.9 Å². The smallest absolute Gasteiger partial charge is 0.320 e. The topological polar surface area (TPSA) is 60.4 Å². The first-order chi connectivity index (χ1) is 7.84. The molecule has 0 unspecified atom stereocenters. The molecule has 94 valence electrons. The highest BCUT2D eigenvalue weighted by Gasteiger charge is 2.19. The molecule has 7 heteroatoms. The molecule has 0 bridgehead atoms. The van der Waals surface area contributed by atoms with E-state index < -0.39 is 33.1 Å². The summed E-state index contributed by atoms with van der Waals surface area (Å²) in [6, 6.07) is 4.06. The zero-order chi connectivity index (χ0) is 13.1. The molecule has 0 radical (unpaired) electrons. The van der Waals surface area contributed by atoms with E-state index in [1.165, 1.54) is 18.2 Å². The number of carbonyl (C=O) groups is 1. The van der Waals surface area contributed by atoms with Crippen LogP contribution in [0.15, 0.2) is 22.7 Å². The number of hydrogen-bond acceptors (Lipinski definition) is 4. The van der Waals surface area contributed by atoms with Crippen molar-refractivity contribution in [3.8, 4) is 0 Å². The van der Waals surface area contributed by atoms with Gasteiger partial charge in [0.05, 0.1) is 12.9 Å². The lowest BCUT2D eigenvalue weighted by molar-refractivity contribution is -0.137. The predicted molar refractivity (Wildman–Crippen MR) is 63.6 cm³/mol. The normalized spacial score (nSPS) is 11.2. The van der Waals surface area contributed by atoms with E-state index in [4.69, 9.17) is 0 Å². The maximum absolute atomic E-state index is 13.4. The van der Waals surface area contributed by atoms with Gasteiger partial charge in [-0.05, 0) is 12.1 Å². The van der Waals surface area contributed by atoms with Gasteiger partial charge in [-0.2, -0.15) is 0 Å². The molecule has 0 aliphatic heterocycles. The van der Waals surface area contributed by atoms with Gasteiger partial charge in [-0.3, -0.25) is 4.79 Å². The number of esters is 1. The Morgan fingerprint density at radius 2 is 2.12 bits per heavy atom. The van der Waals surface area contributed by atoms with Crippen LogP contribution in [0, 0.1) is 5.82 Å².